The van der Waals surface area contributed by atoms with Crippen LogP contribution in [-0.2, 0) is 14.3 Å². The Bertz CT molecular complexity index is 227. The lowest BCUT2D eigenvalue weighted by atomic mass is 10.0. The molecule has 0 aliphatic carbocycles. The van der Waals surface area contributed by atoms with Crippen LogP contribution in [0, 0.1) is 5.92 Å². The molecular weight excluding hydrogens is 198 g/mol. The van der Waals surface area contributed by atoms with Gasteiger partial charge in [0.25, 0.3) is 0 Å². The second kappa shape index (κ2) is 6.27. The van der Waals surface area contributed by atoms with Gasteiger partial charge >= 0.3 is 12.1 Å². The van der Waals surface area contributed by atoms with Crippen LogP contribution in [0.2, 0.25) is 0 Å². The van der Waals surface area contributed by atoms with Gasteiger partial charge in [-0.2, -0.15) is 0 Å². The van der Waals surface area contributed by atoms with Crippen molar-refractivity contribution in [2.24, 2.45) is 5.92 Å². The van der Waals surface area contributed by atoms with Gasteiger partial charge in [0.05, 0.1) is 14.2 Å². The Morgan fingerprint density at radius 1 is 1.20 bits per heavy atom. The van der Waals surface area contributed by atoms with Crippen molar-refractivity contribution in [2.45, 2.75) is 26.3 Å². The van der Waals surface area contributed by atoms with Crippen LogP contribution < -0.4 is 0 Å². The molecule has 0 aliphatic heterocycles. The van der Waals surface area contributed by atoms with Gasteiger partial charge in [-0.05, 0) is 12.3 Å². The number of amides is 1. The molecule has 0 N–H and O–H groups in total. The molecule has 0 fully saturated rings. The Labute approximate surface area is 90.3 Å². The Kier molecular flexibility index (Phi) is 5.74. The van der Waals surface area contributed by atoms with Gasteiger partial charge in [-0.1, -0.05) is 13.8 Å². The monoisotopic (exact) mass is 217 g/mol. The quantitative estimate of drug-likeness (QED) is 0.665. The summed E-state index contributed by atoms with van der Waals surface area (Å²) < 4.78 is 9.19. The zero-order valence-corrected chi connectivity index (χ0v) is 9.94. The van der Waals surface area contributed by atoms with E-state index in [-0.39, 0.29) is 0 Å². The number of hydrogen-bond donors (Lipinski definition) is 0. The molecule has 1 atom stereocenters. The van der Waals surface area contributed by atoms with Crippen LogP contribution in [0.4, 0.5) is 4.79 Å². The predicted molar refractivity (Wildman–Crippen MR) is 55.4 cm³/mol. The van der Waals surface area contributed by atoms with E-state index in [4.69, 9.17) is 0 Å². The molecule has 0 bridgehead atoms. The first-order valence-corrected chi connectivity index (χ1v) is 4.82. The first-order valence-electron chi connectivity index (χ1n) is 4.82. The Balaban J connectivity index is 4.61. The molecule has 1 unspecified atom stereocenters. The number of carbonyl (C=O) groups is 2. The van der Waals surface area contributed by atoms with Crippen molar-refractivity contribution in [1.82, 2.24) is 4.90 Å². The standard InChI is InChI=1S/C10H19NO4/c1-7(2)6-8(9(12)14-4)11(3)10(13)15-5/h7-8H,6H2,1-5H3. The molecule has 0 spiro atoms. The fraction of sp³-hybridized carbons (Fsp3) is 0.800. The molecule has 0 aromatic rings. The summed E-state index contributed by atoms with van der Waals surface area (Å²) >= 11 is 0. The number of nitrogens with zero attached hydrogens (tertiary/aromatic N) is 1. The summed E-state index contributed by atoms with van der Waals surface area (Å²) in [5, 5.41) is 0. The normalized spacial score (nSPS) is 12.1. The van der Waals surface area contributed by atoms with Crippen LogP contribution in [0.15, 0.2) is 0 Å². The summed E-state index contributed by atoms with van der Waals surface area (Å²) in [6.45, 7) is 3.95. The van der Waals surface area contributed by atoms with E-state index >= 15 is 0 Å². The van der Waals surface area contributed by atoms with Gasteiger partial charge in [0.15, 0.2) is 0 Å². The fourth-order valence-electron chi connectivity index (χ4n) is 1.27. The zero-order chi connectivity index (χ0) is 12.0. The number of ether oxygens (including phenoxy) is 2. The van der Waals surface area contributed by atoms with Crippen molar-refractivity contribution in [3.05, 3.63) is 0 Å². The molecule has 0 rings (SSSR count). The average Bonchev–Trinajstić information content (AvgIpc) is 2.22. The van der Waals surface area contributed by atoms with E-state index in [0.29, 0.717) is 12.3 Å². The number of esters is 1. The van der Waals surface area contributed by atoms with Gasteiger partial charge in [-0.25, -0.2) is 9.59 Å². The molecule has 15 heavy (non-hydrogen) atoms. The minimum absolute atomic E-state index is 0.293. The molecule has 88 valence electrons. The van der Waals surface area contributed by atoms with Crippen LogP contribution in [0.1, 0.15) is 20.3 Å². The first kappa shape index (κ1) is 13.7. The van der Waals surface area contributed by atoms with E-state index in [9.17, 15) is 9.59 Å². The topological polar surface area (TPSA) is 55.8 Å². The summed E-state index contributed by atoms with van der Waals surface area (Å²) in [7, 11) is 4.11. The Morgan fingerprint density at radius 2 is 1.73 bits per heavy atom. The molecule has 0 aromatic heterocycles. The van der Waals surface area contributed by atoms with Gasteiger partial charge in [0.1, 0.15) is 6.04 Å². The third-order valence-corrected chi connectivity index (χ3v) is 2.10. The summed E-state index contributed by atoms with van der Waals surface area (Å²) in [6, 6.07) is -0.581. The van der Waals surface area contributed by atoms with Gasteiger partial charge < -0.3 is 9.47 Å². The molecule has 0 saturated carbocycles. The van der Waals surface area contributed by atoms with Crippen molar-refractivity contribution in [3.8, 4) is 0 Å². The summed E-state index contributed by atoms with van der Waals surface area (Å²) in [5.74, 6) is -0.127. The maximum Gasteiger partial charge on any atom is 0.409 e. The van der Waals surface area contributed by atoms with Crippen molar-refractivity contribution in [3.63, 3.8) is 0 Å². The lowest BCUT2D eigenvalue weighted by Gasteiger charge is -2.25. The molecule has 0 heterocycles. The van der Waals surface area contributed by atoms with Crippen LogP contribution >= 0.6 is 0 Å². The Morgan fingerprint density at radius 3 is 2.07 bits per heavy atom. The highest BCUT2D eigenvalue weighted by Crippen LogP contribution is 2.12. The lowest BCUT2D eigenvalue weighted by Crippen LogP contribution is -2.43. The van der Waals surface area contributed by atoms with E-state index in [1.54, 1.807) is 0 Å². The third-order valence-electron chi connectivity index (χ3n) is 2.10. The summed E-state index contributed by atoms with van der Waals surface area (Å²) in [6.07, 6.45) is 0.0178. The van der Waals surface area contributed by atoms with Gasteiger partial charge in [0, 0.05) is 7.05 Å². The van der Waals surface area contributed by atoms with Gasteiger partial charge in [-0.3, -0.25) is 4.90 Å². The third kappa shape index (κ3) is 4.18. The summed E-state index contributed by atoms with van der Waals surface area (Å²) in [5.41, 5.74) is 0. The van der Waals surface area contributed by atoms with E-state index in [1.807, 2.05) is 13.8 Å². The average molecular weight is 217 g/mol. The molecule has 0 radical (unpaired) electrons. The molecule has 5 heteroatoms. The van der Waals surface area contributed by atoms with Crippen LogP contribution in [0.25, 0.3) is 0 Å². The first-order chi connectivity index (χ1) is 6.93. The van der Waals surface area contributed by atoms with E-state index in [1.165, 1.54) is 26.2 Å². The molecule has 5 nitrogen and oxygen atoms in total. The van der Waals surface area contributed by atoms with E-state index in [2.05, 4.69) is 9.47 Å². The maximum absolute atomic E-state index is 11.4. The zero-order valence-electron chi connectivity index (χ0n) is 9.94. The minimum atomic E-state index is -0.581. The molecule has 1 amide bonds. The van der Waals surface area contributed by atoms with E-state index < -0.39 is 18.1 Å². The van der Waals surface area contributed by atoms with Crippen LogP contribution in [0.3, 0.4) is 0 Å². The lowest BCUT2D eigenvalue weighted by molar-refractivity contribution is -0.146. The number of methoxy groups -OCH3 is 2. The highest BCUT2D eigenvalue weighted by molar-refractivity contribution is 5.81. The number of carbonyl (C=O) groups excluding carboxylic acids is 2. The highest BCUT2D eigenvalue weighted by atomic mass is 16.5. The van der Waals surface area contributed by atoms with Gasteiger partial charge in [-0.15, -0.1) is 0 Å². The van der Waals surface area contributed by atoms with Crippen LogP contribution in [0.5, 0.6) is 0 Å². The van der Waals surface area contributed by atoms with Crippen molar-refractivity contribution >= 4 is 12.1 Å². The second-order valence-corrected chi connectivity index (χ2v) is 3.75. The van der Waals surface area contributed by atoms with Gasteiger partial charge in [0.2, 0.25) is 0 Å². The fourth-order valence-corrected chi connectivity index (χ4v) is 1.27. The van der Waals surface area contributed by atoms with Crippen molar-refractivity contribution in [2.75, 3.05) is 21.3 Å². The van der Waals surface area contributed by atoms with Crippen molar-refractivity contribution < 1.29 is 19.1 Å². The number of likely N-dealkylation sites (N-methyl/N-ethyl adjacent to an activating group) is 1. The molecule has 0 saturated heterocycles. The van der Waals surface area contributed by atoms with E-state index in [0.717, 1.165) is 0 Å². The predicted octanol–water partition coefficient (Wildman–Crippen LogP) is 1.27. The van der Waals surface area contributed by atoms with Crippen molar-refractivity contribution in [1.29, 1.82) is 0 Å². The summed E-state index contributed by atoms with van der Waals surface area (Å²) in [4.78, 5) is 23.9. The second-order valence-electron chi connectivity index (χ2n) is 3.75. The number of rotatable bonds is 4. The minimum Gasteiger partial charge on any atom is -0.467 e. The molecular formula is C10H19NO4. The Hall–Kier alpha value is -1.26. The number of hydrogen-bond acceptors (Lipinski definition) is 4. The molecule has 0 aromatic carbocycles. The smallest absolute Gasteiger partial charge is 0.409 e. The molecule has 0 aliphatic rings. The highest BCUT2D eigenvalue weighted by Gasteiger charge is 2.28. The maximum atomic E-state index is 11.4. The SMILES string of the molecule is COC(=O)C(CC(C)C)N(C)C(=O)OC. The largest absolute Gasteiger partial charge is 0.467 e. The van der Waals surface area contributed by atoms with Crippen LogP contribution in [-0.4, -0.2) is 44.3 Å².